The number of ether oxygens (including phenoxy) is 1. The molecule has 3 aromatic rings. The normalized spacial score (nSPS) is 11.1. The maximum absolute atomic E-state index is 12.8. The van der Waals surface area contributed by atoms with Crippen LogP contribution in [0.3, 0.4) is 0 Å². The Labute approximate surface area is 154 Å². The van der Waals surface area contributed by atoms with Gasteiger partial charge in [0.05, 0.1) is 23.2 Å². The van der Waals surface area contributed by atoms with Gasteiger partial charge >= 0.3 is 11.7 Å². The van der Waals surface area contributed by atoms with Gasteiger partial charge in [-0.05, 0) is 13.0 Å². The van der Waals surface area contributed by atoms with E-state index in [9.17, 15) is 14.4 Å². The molecule has 0 N–H and O–H groups in total. The van der Waals surface area contributed by atoms with E-state index in [0.717, 1.165) is 4.57 Å². The van der Waals surface area contributed by atoms with E-state index in [1.54, 1.807) is 49.0 Å². The lowest BCUT2D eigenvalue weighted by atomic mass is 10.1. The maximum Gasteiger partial charge on any atom is 0.330 e. The second-order valence-electron chi connectivity index (χ2n) is 5.86. The molecule has 0 atom stereocenters. The van der Waals surface area contributed by atoms with Gasteiger partial charge in [0.25, 0.3) is 5.56 Å². The zero-order valence-corrected chi connectivity index (χ0v) is 15.4. The Bertz CT molecular complexity index is 1120. The SMILES string of the molecule is CCOC(=O)Cn1cc2c(c1-c1ccccc1Cl)c(=O)n(C)c(=O)n2C. The molecule has 0 saturated carbocycles. The lowest BCUT2D eigenvalue weighted by Gasteiger charge is -2.11. The van der Waals surface area contributed by atoms with Crippen LogP contribution in [0.2, 0.25) is 5.02 Å². The minimum absolute atomic E-state index is 0.0968. The molecule has 0 saturated heterocycles. The molecule has 3 rings (SSSR count). The molecule has 26 heavy (non-hydrogen) atoms. The molecule has 2 heterocycles. The van der Waals surface area contributed by atoms with Gasteiger partial charge in [0.2, 0.25) is 0 Å². The van der Waals surface area contributed by atoms with Crippen LogP contribution in [0.15, 0.2) is 40.1 Å². The van der Waals surface area contributed by atoms with Crippen LogP contribution in [0.1, 0.15) is 6.92 Å². The van der Waals surface area contributed by atoms with Crippen LogP contribution in [0.5, 0.6) is 0 Å². The van der Waals surface area contributed by atoms with Crippen LogP contribution >= 0.6 is 11.6 Å². The Morgan fingerprint density at radius 2 is 1.85 bits per heavy atom. The fraction of sp³-hybridized carbons (Fsp3) is 0.278. The summed E-state index contributed by atoms with van der Waals surface area (Å²) in [5.41, 5.74) is 0.624. The molecule has 0 spiro atoms. The number of esters is 1. The Balaban J connectivity index is 2.42. The summed E-state index contributed by atoms with van der Waals surface area (Å²) in [5.74, 6) is -0.442. The number of rotatable bonds is 4. The average Bonchev–Trinajstić information content (AvgIpc) is 2.97. The monoisotopic (exact) mass is 375 g/mol. The molecule has 0 radical (unpaired) electrons. The highest BCUT2D eigenvalue weighted by molar-refractivity contribution is 6.33. The predicted molar refractivity (Wildman–Crippen MR) is 99.5 cm³/mol. The summed E-state index contributed by atoms with van der Waals surface area (Å²) in [7, 11) is 3.00. The number of aryl methyl sites for hydroxylation is 1. The van der Waals surface area contributed by atoms with Crippen LogP contribution in [-0.4, -0.2) is 26.3 Å². The topological polar surface area (TPSA) is 75.2 Å². The lowest BCUT2D eigenvalue weighted by Crippen LogP contribution is -2.36. The molecule has 1 aromatic carbocycles. The van der Waals surface area contributed by atoms with Gasteiger partial charge in [-0.2, -0.15) is 0 Å². The first-order valence-corrected chi connectivity index (χ1v) is 8.44. The minimum Gasteiger partial charge on any atom is -0.465 e. The lowest BCUT2D eigenvalue weighted by molar-refractivity contribution is -0.143. The van der Waals surface area contributed by atoms with Gasteiger partial charge in [0.15, 0.2) is 0 Å². The van der Waals surface area contributed by atoms with Gasteiger partial charge in [-0.1, -0.05) is 29.8 Å². The summed E-state index contributed by atoms with van der Waals surface area (Å²) in [6.45, 7) is 1.88. The fourth-order valence-electron chi connectivity index (χ4n) is 3.00. The number of halogens is 1. The Kier molecular flexibility index (Phi) is 4.73. The molecule has 136 valence electrons. The van der Waals surface area contributed by atoms with E-state index in [2.05, 4.69) is 0 Å². The molecule has 0 aliphatic heterocycles. The van der Waals surface area contributed by atoms with Crippen molar-refractivity contribution in [2.45, 2.75) is 13.5 Å². The highest BCUT2D eigenvalue weighted by atomic mass is 35.5. The summed E-state index contributed by atoms with van der Waals surface area (Å²) in [5, 5.41) is 0.764. The van der Waals surface area contributed by atoms with Crippen LogP contribution in [0.4, 0.5) is 0 Å². The number of hydrogen-bond acceptors (Lipinski definition) is 4. The van der Waals surface area contributed by atoms with Gasteiger partial charge in [-0.15, -0.1) is 0 Å². The molecule has 0 bridgehead atoms. The number of benzene rings is 1. The zero-order chi connectivity index (χ0) is 19.0. The smallest absolute Gasteiger partial charge is 0.330 e. The standard InChI is InChI=1S/C18H18ClN3O4/c1-4-26-14(23)10-22-9-13-15(17(24)21(3)18(25)20(13)2)16(22)11-7-5-6-8-12(11)19/h5-9H,4,10H2,1-3H3. The number of carbonyl (C=O) groups is 1. The van der Waals surface area contributed by atoms with E-state index in [4.69, 9.17) is 16.3 Å². The maximum atomic E-state index is 12.8. The van der Waals surface area contributed by atoms with Crippen molar-refractivity contribution in [3.05, 3.63) is 56.3 Å². The quantitative estimate of drug-likeness (QED) is 0.653. The zero-order valence-electron chi connectivity index (χ0n) is 14.7. The van der Waals surface area contributed by atoms with Gasteiger partial charge in [0.1, 0.15) is 6.54 Å². The molecular weight excluding hydrogens is 358 g/mol. The van der Waals surface area contributed by atoms with Crippen LogP contribution < -0.4 is 11.2 Å². The molecule has 0 aliphatic rings. The third-order valence-corrected chi connectivity index (χ3v) is 4.58. The van der Waals surface area contributed by atoms with Crippen molar-refractivity contribution in [2.24, 2.45) is 14.1 Å². The summed E-state index contributed by atoms with van der Waals surface area (Å²) in [6.07, 6.45) is 1.60. The van der Waals surface area contributed by atoms with Gasteiger partial charge in [-0.25, -0.2) is 4.79 Å². The highest BCUT2D eigenvalue weighted by Crippen LogP contribution is 2.33. The van der Waals surface area contributed by atoms with E-state index < -0.39 is 17.2 Å². The van der Waals surface area contributed by atoms with Crippen molar-refractivity contribution < 1.29 is 9.53 Å². The second kappa shape index (κ2) is 6.84. The Hall–Kier alpha value is -2.80. The highest BCUT2D eigenvalue weighted by Gasteiger charge is 2.22. The number of fused-ring (bicyclic) bond motifs is 1. The van der Waals surface area contributed by atoms with Gasteiger partial charge in [-0.3, -0.25) is 18.7 Å². The fourth-order valence-corrected chi connectivity index (χ4v) is 3.23. The first-order valence-electron chi connectivity index (χ1n) is 8.06. The van der Waals surface area contributed by atoms with Crippen molar-refractivity contribution in [1.82, 2.24) is 13.7 Å². The van der Waals surface area contributed by atoms with Gasteiger partial charge < -0.3 is 9.30 Å². The summed E-state index contributed by atoms with van der Waals surface area (Å²) < 4.78 is 9.04. The van der Waals surface area contributed by atoms with Crippen LogP contribution in [-0.2, 0) is 30.2 Å². The number of carbonyl (C=O) groups excluding carboxylic acids is 1. The molecule has 2 aromatic heterocycles. The Morgan fingerprint density at radius 1 is 1.15 bits per heavy atom. The van der Waals surface area contributed by atoms with E-state index in [0.29, 0.717) is 27.2 Å². The van der Waals surface area contributed by atoms with Crippen LogP contribution in [0.25, 0.3) is 22.2 Å². The second-order valence-corrected chi connectivity index (χ2v) is 6.26. The van der Waals surface area contributed by atoms with Crippen LogP contribution in [0, 0.1) is 0 Å². The number of hydrogen-bond donors (Lipinski definition) is 0. The molecule has 0 aliphatic carbocycles. The predicted octanol–water partition coefficient (Wildman–Crippen LogP) is 1.92. The van der Waals surface area contributed by atoms with Crippen molar-refractivity contribution in [3.63, 3.8) is 0 Å². The number of nitrogens with zero attached hydrogens (tertiary/aromatic N) is 3. The van der Waals surface area contributed by atoms with E-state index in [1.165, 1.54) is 11.6 Å². The Morgan fingerprint density at radius 3 is 2.50 bits per heavy atom. The molecule has 7 nitrogen and oxygen atoms in total. The van der Waals surface area contributed by atoms with Crippen molar-refractivity contribution in [3.8, 4) is 11.3 Å². The summed E-state index contributed by atoms with van der Waals surface area (Å²) in [4.78, 5) is 37.1. The van der Waals surface area contributed by atoms with Crippen molar-refractivity contribution >= 4 is 28.5 Å². The van der Waals surface area contributed by atoms with E-state index in [1.807, 2.05) is 0 Å². The molecule has 0 fully saturated rings. The van der Waals surface area contributed by atoms with Crippen molar-refractivity contribution in [1.29, 1.82) is 0 Å². The van der Waals surface area contributed by atoms with Gasteiger partial charge in [0, 0.05) is 30.9 Å². The average molecular weight is 376 g/mol. The molecular formula is C18H18ClN3O4. The first kappa shape index (κ1) is 18.0. The molecule has 8 heteroatoms. The summed E-state index contributed by atoms with van der Waals surface area (Å²) in [6, 6.07) is 7.04. The number of aromatic nitrogens is 3. The third kappa shape index (κ3) is 2.84. The summed E-state index contributed by atoms with van der Waals surface area (Å²) >= 11 is 6.34. The van der Waals surface area contributed by atoms with E-state index in [-0.39, 0.29) is 13.2 Å². The first-order chi connectivity index (χ1) is 12.4. The third-order valence-electron chi connectivity index (χ3n) is 4.25. The molecule has 0 unspecified atom stereocenters. The largest absolute Gasteiger partial charge is 0.465 e. The minimum atomic E-state index is -0.444. The van der Waals surface area contributed by atoms with Crippen molar-refractivity contribution in [2.75, 3.05) is 6.61 Å². The van der Waals surface area contributed by atoms with E-state index >= 15 is 0 Å². The molecule has 0 amide bonds.